The van der Waals surface area contributed by atoms with Crippen molar-refractivity contribution in [2.24, 2.45) is 0 Å². The van der Waals surface area contributed by atoms with Crippen molar-refractivity contribution in [3.05, 3.63) is 40.4 Å². The predicted octanol–water partition coefficient (Wildman–Crippen LogP) is 3.12. The van der Waals surface area contributed by atoms with Gasteiger partial charge in [0.1, 0.15) is 0 Å². The monoisotopic (exact) mass is 398 g/mol. The Morgan fingerprint density at radius 3 is 2.70 bits per heavy atom. The fourth-order valence-electron chi connectivity index (χ4n) is 2.82. The van der Waals surface area contributed by atoms with Crippen molar-refractivity contribution in [3.63, 3.8) is 0 Å². The lowest BCUT2D eigenvalue weighted by molar-refractivity contribution is -0.137. The summed E-state index contributed by atoms with van der Waals surface area (Å²) in [6, 6.07) is 4.89. The number of alkyl halides is 3. The number of anilines is 2. The minimum atomic E-state index is -4.54. The zero-order chi connectivity index (χ0) is 19.6. The number of nitrogens with zero attached hydrogens (tertiary/aromatic N) is 2. The van der Waals surface area contributed by atoms with E-state index >= 15 is 0 Å². The second kappa shape index (κ2) is 7.65. The van der Waals surface area contributed by atoms with Crippen LogP contribution in [-0.2, 0) is 28.7 Å². The van der Waals surface area contributed by atoms with E-state index in [0.29, 0.717) is 24.6 Å². The Morgan fingerprint density at radius 2 is 2.00 bits per heavy atom. The summed E-state index contributed by atoms with van der Waals surface area (Å²) < 4.78 is 39.1. The van der Waals surface area contributed by atoms with E-state index in [1.54, 1.807) is 0 Å². The second-order valence-corrected chi connectivity index (χ2v) is 7.21. The normalized spacial score (nSPS) is 14.5. The molecule has 1 aromatic heterocycles. The van der Waals surface area contributed by atoms with Gasteiger partial charge in [0.05, 0.1) is 23.5 Å². The Morgan fingerprint density at radius 1 is 1.26 bits per heavy atom. The molecule has 2 heterocycles. The average molecular weight is 398 g/mol. The molecule has 10 heteroatoms. The van der Waals surface area contributed by atoms with Gasteiger partial charge in [0.15, 0.2) is 5.13 Å². The van der Waals surface area contributed by atoms with Gasteiger partial charge in [-0.3, -0.25) is 14.5 Å². The van der Waals surface area contributed by atoms with Gasteiger partial charge in [-0.25, -0.2) is 4.98 Å². The lowest BCUT2D eigenvalue weighted by atomic mass is 10.1. The summed E-state index contributed by atoms with van der Waals surface area (Å²) in [7, 11) is 0. The average Bonchev–Trinajstić information content (AvgIpc) is 2.94. The molecule has 27 heavy (non-hydrogen) atoms. The number of fused-ring (bicyclic) bond motifs is 1. The van der Waals surface area contributed by atoms with Gasteiger partial charge in [0.25, 0.3) is 0 Å². The lowest BCUT2D eigenvalue weighted by Gasteiger charge is -2.25. The summed E-state index contributed by atoms with van der Waals surface area (Å²) in [5.74, 6) is -0.720. The molecule has 1 aromatic carbocycles. The van der Waals surface area contributed by atoms with Crippen molar-refractivity contribution in [2.75, 3.05) is 23.7 Å². The number of nitrogens with one attached hydrogen (secondary N) is 2. The summed E-state index contributed by atoms with van der Waals surface area (Å²) in [6.07, 6.45) is -3.93. The quantitative estimate of drug-likeness (QED) is 0.830. The van der Waals surface area contributed by atoms with Crippen LogP contribution in [0.1, 0.15) is 23.1 Å². The van der Waals surface area contributed by atoms with Crippen LogP contribution >= 0.6 is 11.3 Å². The first-order valence-corrected chi connectivity index (χ1v) is 8.98. The van der Waals surface area contributed by atoms with Crippen LogP contribution in [0, 0.1) is 0 Å². The van der Waals surface area contributed by atoms with Crippen molar-refractivity contribution in [1.29, 1.82) is 0 Å². The van der Waals surface area contributed by atoms with Crippen LogP contribution in [0.5, 0.6) is 0 Å². The van der Waals surface area contributed by atoms with Crippen LogP contribution in [0.3, 0.4) is 0 Å². The number of benzene rings is 1. The van der Waals surface area contributed by atoms with Crippen LogP contribution in [0.2, 0.25) is 0 Å². The maximum Gasteiger partial charge on any atom is 0.418 e. The number of carbonyl (C=O) groups excluding carboxylic acids is 2. The molecule has 3 rings (SSSR count). The maximum absolute atomic E-state index is 13.0. The molecular formula is C17H17F3N4O2S. The third kappa shape index (κ3) is 4.83. The Bertz CT molecular complexity index is 866. The number of amides is 2. The molecule has 0 radical (unpaired) electrons. The highest BCUT2D eigenvalue weighted by atomic mass is 32.1. The molecule has 2 amide bonds. The molecule has 0 aliphatic carbocycles. The number of para-hydroxylation sites is 1. The number of aromatic nitrogens is 1. The highest BCUT2D eigenvalue weighted by Crippen LogP contribution is 2.34. The third-order valence-corrected chi connectivity index (χ3v) is 4.96. The standard InChI is InChI=1S/C17H17F3N4O2S/c1-10(25)21-16-23-13-6-7-24(8-14(13)27-16)9-15(26)22-12-5-3-2-4-11(12)17(18,19)20/h2-5H,6-9H2,1H3,(H,22,26)(H,21,23,25). The van der Waals surface area contributed by atoms with E-state index in [2.05, 4.69) is 15.6 Å². The molecule has 0 spiro atoms. The first-order valence-electron chi connectivity index (χ1n) is 8.17. The van der Waals surface area contributed by atoms with E-state index in [1.807, 2.05) is 4.90 Å². The molecule has 6 nitrogen and oxygen atoms in total. The fraction of sp³-hybridized carbons (Fsp3) is 0.353. The summed E-state index contributed by atoms with van der Waals surface area (Å²) in [5, 5.41) is 5.50. The third-order valence-electron chi connectivity index (χ3n) is 3.97. The minimum absolute atomic E-state index is 0.0288. The maximum atomic E-state index is 13.0. The largest absolute Gasteiger partial charge is 0.418 e. The van der Waals surface area contributed by atoms with Crippen LogP contribution in [0.25, 0.3) is 0 Å². The van der Waals surface area contributed by atoms with Gasteiger partial charge in [0.2, 0.25) is 11.8 Å². The zero-order valence-electron chi connectivity index (χ0n) is 14.4. The first kappa shape index (κ1) is 19.3. The van der Waals surface area contributed by atoms with Crippen LogP contribution in [0.4, 0.5) is 24.0 Å². The molecule has 1 aliphatic rings. The lowest BCUT2D eigenvalue weighted by Crippen LogP contribution is -2.37. The molecule has 2 aromatic rings. The molecule has 0 saturated carbocycles. The molecule has 1 aliphatic heterocycles. The van der Waals surface area contributed by atoms with E-state index in [0.717, 1.165) is 16.6 Å². The van der Waals surface area contributed by atoms with E-state index < -0.39 is 17.6 Å². The van der Waals surface area contributed by atoms with E-state index in [4.69, 9.17) is 0 Å². The molecule has 0 saturated heterocycles. The minimum Gasteiger partial charge on any atom is -0.324 e. The number of halogens is 3. The zero-order valence-corrected chi connectivity index (χ0v) is 15.2. The molecule has 0 fully saturated rings. The van der Waals surface area contributed by atoms with Gasteiger partial charge in [-0.1, -0.05) is 12.1 Å². The highest BCUT2D eigenvalue weighted by molar-refractivity contribution is 7.15. The van der Waals surface area contributed by atoms with Crippen LogP contribution < -0.4 is 10.6 Å². The summed E-state index contributed by atoms with van der Waals surface area (Å²) >= 11 is 1.34. The SMILES string of the molecule is CC(=O)Nc1nc2c(s1)CN(CC(=O)Nc1ccccc1C(F)(F)F)CC2. The van der Waals surface area contributed by atoms with Crippen molar-refractivity contribution < 1.29 is 22.8 Å². The van der Waals surface area contributed by atoms with Gasteiger partial charge < -0.3 is 10.6 Å². The van der Waals surface area contributed by atoms with Gasteiger partial charge in [0, 0.05) is 31.3 Å². The number of hydrogen-bond acceptors (Lipinski definition) is 5. The van der Waals surface area contributed by atoms with Gasteiger partial charge in [-0.15, -0.1) is 11.3 Å². The molecule has 144 valence electrons. The highest BCUT2D eigenvalue weighted by Gasteiger charge is 2.33. The molecule has 0 atom stereocenters. The van der Waals surface area contributed by atoms with Crippen molar-refractivity contribution >= 4 is 34.0 Å². The topological polar surface area (TPSA) is 74.3 Å². The molecule has 0 bridgehead atoms. The molecule has 2 N–H and O–H groups in total. The van der Waals surface area contributed by atoms with Crippen LogP contribution in [0.15, 0.2) is 24.3 Å². The van der Waals surface area contributed by atoms with E-state index in [9.17, 15) is 22.8 Å². The Labute approximate surface area is 157 Å². The molecule has 0 unspecified atom stereocenters. The van der Waals surface area contributed by atoms with E-state index in [1.165, 1.54) is 36.5 Å². The molecular weight excluding hydrogens is 381 g/mol. The Balaban J connectivity index is 1.63. The van der Waals surface area contributed by atoms with Crippen molar-refractivity contribution in [1.82, 2.24) is 9.88 Å². The predicted molar refractivity (Wildman–Crippen MR) is 95.5 cm³/mol. The number of carbonyl (C=O) groups is 2. The Hall–Kier alpha value is -2.46. The first-order chi connectivity index (χ1) is 12.7. The smallest absolute Gasteiger partial charge is 0.324 e. The van der Waals surface area contributed by atoms with Crippen molar-refractivity contribution in [3.8, 4) is 0 Å². The number of hydrogen-bond donors (Lipinski definition) is 2. The number of rotatable bonds is 4. The van der Waals surface area contributed by atoms with E-state index in [-0.39, 0.29) is 18.1 Å². The summed E-state index contributed by atoms with van der Waals surface area (Å²) in [5.41, 5.74) is -0.247. The Kier molecular flexibility index (Phi) is 5.47. The fourth-order valence-corrected chi connectivity index (χ4v) is 3.92. The van der Waals surface area contributed by atoms with Crippen molar-refractivity contribution in [2.45, 2.75) is 26.1 Å². The van der Waals surface area contributed by atoms with Crippen LogP contribution in [-0.4, -0.2) is 34.8 Å². The second-order valence-electron chi connectivity index (χ2n) is 6.12. The van der Waals surface area contributed by atoms with Gasteiger partial charge >= 0.3 is 6.18 Å². The summed E-state index contributed by atoms with van der Waals surface area (Å²) in [4.78, 5) is 30.5. The summed E-state index contributed by atoms with van der Waals surface area (Å²) in [6.45, 7) is 2.39. The van der Waals surface area contributed by atoms with Gasteiger partial charge in [-0.05, 0) is 12.1 Å². The van der Waals surface area contributed by atoms with Gasteiger partial charge in [-0.2, -0.15) is 13.2 Å². The number of thiazole rings is 1.